The molecule has 0 aromatic heterocycles. The molecule has 4 heteroatoms. The van der Waals surface area contributed by atoms with Crippen LogP contribution in [0.2, 0.25) is 0 Å². The van der Waals surface area contributed by atoms with Crippen molar-refractivity contribution < 1.29 is 14.2 Å². The van der Waals surface area contributed by atoms with Gasteiger partial charge in [-0.15, -0.1) is 0 Å². The van der Waals surface area contributed by atoms with E-state index in [-0.39, 0.29) is 12.4 Å². The summed E-state index contributed by atoms with van der Waals surface area (Å²) >= 11 is 0. The zero-order chi connectivity index (χ0) is 15.0. The smallest absolute Gasteiger partial charge is 0.184 e. The van der Waals surface area contributed by atoms with Crippen LogP contribution in [0.4, 0.5) is 0 Å². The van der Waals surface area contributed by atoms with Crippen molar-refractivity contribution in [1.82, 2.24) is 5.32 Å². The Hall–Kier alpha value is -1.88. The highest BCUT2D eigenvalue weighted by Gasteiger charge is 2.26. The molecular weight excluding hydrogens is 278 g/mol. The molecule has 1 fully saturated rings. The van der Waals surface area contributed by atoms with Crippen molar-refractivity contribution in [2.45, 2.75) is 12.4 Å². The minimum atomic E-state index is -0.242. The maximum absolute atomic E-state index is 5.89. The summed E-state index contributed by atoms with van der Waals surface area (Å²) in [6, 6.07) is 19.9. The lowest BCUT2D eigenvalue weighted by Crippen LogP contribution is -2.31. The number of hydrogen-bond acceptors (Lipinski definition) is 4. The van der Waals surface area contributed by atoms with Gasteiger partial charge in [-0.1, -0.05) is 48.5 Å². The number of rotatable bonds is 7. The summed E-state index contributed by atoms with van der Waals surface area (Å²) in [6.45, 7) is 2.80. The van der Waals surface area contributed by atoms with Crippen LogP contribution >= 0.6 is 0 Å². The predicted octanol–water partition coefficient (Wildman–Crippen LogP) is 2.77. The third-order valence-corrected chi connectivity index (χ3v) is 3.48. The molecule has 3 rings (SSSR count). The molecule has 0 amide bonds. The summed E-state index contributed by atoms with van der Waals surface area (Å²) in [4.78, 5) is 0. The van der Waals surface area contributed by atoms with Crippen LogP contribution in [0.25, 0.3) is 0 Å². The average molecular weight is 299 g/mol. The van der Waals surface area contributed by atoms with Gasteiger partial charge in [-0.2, -0.15) is 0 Å². The summed E-state index contributed by atoms with van der Waals surface area (Å²) < 4.78 is 17.2. The molecule has 0 unspecified atom stereocenters. The van der Waals surface area contributed by atoms with Crippen LogP contribution in [0.5, 0.6) is 5.75 Å². The van der Waals surface area contributed by atoms with Gasteiger partial charge < -0.3 is 19.5 Å². The topological polar surface area (TPSA) is 39.7 Å². The molecule has 116 valence electrons. The number of ether oxygens (including phenoxy) is 3. The van der Waals surface area contributed by atoms with E-state index in [1.165, 1.54) is 0 Å². The summed E-state index contributed by atoms with van der Waals surface area (Å²) in [5.41, 5.74) is 1.07. The Balaban J connectivity index is 1.32. The normalized spacial score (nSPS) is 20.9. The lowest BCUT2D eigenvalue weighted by Gasteiger charge is -2.12. The van der Waals surface area contributed by atoms with Gasteiger partial charge >= 0.3 is 0 Å². The van der Waals surface area contributed by atoms with E-state index in [2.05, 4.69) is 5.32 Å². The first kappa shape index (κ1) is 15.0. The minimum Gasteiger partial charge on any atom is -0.492 e. The Bertz CT molecular complexity index is 547. The van der Waals surface area contributed by atoms with Crippen molar-refractivity contribution in [3.05, 3.63) is 66.2 Å². The molecule has 2 aromatic carbocycles. The predicted molar refractivity (Wildman–Crippen MR) is 84.8 cm³/mol. The molecule has 2 aromatic rings. The van der Waals surface area contributed by atoms with Crippen molar-refractivity contribution in [2.24, 2.45) is 0 Å². The number of para-hydroxylation sites is 1. The number of benzene rings is 2. The Labute approximate surface area is 131 Å². The molecule has 1 aliphatic heterocycles. The zero-order valence-corrected chi connectivity index (χ0v) is 12.5. The van der Waals surface area contributed by atoms with Crippen LogP contribution in [0.3, 0.4) is 0 Å². The maximum atomic E-state index is 5.89. The van der Waals surface area contributed by atoms with E-state index in [0.29, 0.717) is 13.2 Å². The van der Waals surface area contributed by atoms with Gasteiger partial charge in [0.05, 0.1) is 12.7 Å². The number of nitrogens with one attached hydrogen (secondary N) is 1. The second-order valence-electron chi connectivity index (χ2n) is 5.20. The minimum absolute atomic E-state index is 0.0851. The van der Waals surface area contributed by atoms with Crippen LogP contribution in [0.15, 0.2) is 60.7 Å². The molecule has 0 radical (unpaired) electrons. The highest BCUT2D eigenvalue weighted by Crippen LogP contribution is 2.26. The Morgan fingerprint density at radius 2 is 1.73 bits per heavy atom. The lowest BCUT2D eigenvalue weighted by atomic mass is 10.2. The van der Waals surface area contributed by atoms with E-state index < -0.39 is 0 Å². The van der Waals surface area contributed by atoms with Gasteiger partial charge in [-0.05, 0) is 12.1 Å². The van der Waals surface area contributed by atoms with Crippen LogP contribution in [0.1, 0.15) is 11.9 Å². The first-order chi connectivity index (χ1) is 10.9. The van der Waals surface area contributed by atoms with Gasteiger partial charge in [0.2, 0.25) is 0 Å². The van der Waals surface area contributed by atoms with Gasteiger partial charge in [0.15, 0.2) is 6.29 Å². The first-order valence-corrected chi connectivity index (χ1v) is 7.62. The van der Waals surface area contributed by atoms with Crippen LogP contribution in [0, 0.1) is 0 Å². The fourth-order valence-electron chi connectivity index (χ4n) is 2.36. The van der Waals surface area contributed by atoms with Gasteiger partial charge in [0.1, 0.15) is 12.4 Å². The molecule has 0 saturated carbocycles. The van der Waals surface area contributed by atoms with Crippen LogP contribution in [-0.4, -0.2) is 32.4 Å². The molecule has 1 heterocycles. The van der Waals surface area contributed by atoms with E-state index in [4.69, 9.17) is 14.2 Å². The summed E-state index contributed by atoms with van der Waals surface area (Å²) in [7, 11) is 0. The third kappa shape index (κ3) is 4.31. The summed E-state index contributed by atoms with van der Waals surface area (Å²) in [5, 5.41) is 3.34. The van der Waals surface area contributed by atoms with Gasteiger partial charge in [-0.25, -0.2) is 0 Å². The molecule has 4 nitrogen and oxygen atoms in total. The SMILES string of the molecule is c1ccc(OCCNC[C@@H]2CO[C@@H](c3ccccc3)O2)cc1. The third-order valence-electron chi connectivity index (χ3n) is 3.48. The molecular formula is C18H21NO3. The Morgan fingerprint density at radius 3 is 2.50 bits per heavy atom. The molecule has 0 bridgehead atoms. The van der Waals surface area contributed by atoms with Crippen molar-refractivity contribution in [1.29, 1.82) is 0 Å². The monoisotopic (exact) mass is 299 g/mol. The standard InChI is InChI=1S/C18H21NO3/c1-3-7-15(8-4-1)18-21-14-17(22-18)13-19-11-12-20-16-9-5-2-6-10-16/h1-10,17-19H,11-14H2/t17-,18-/m1/s1. The fraction of sp³-hybridized carbons (Fsp3) is 0.333. The Morgan fingerprint density at radius 1 is 1.00 bits per heavy atom. The highest BCUT2D eigenvalue weighted by molar-refractivity contribution is 5.20. The van der Waals surface area contributed by atoms with Gasteiger partial charge in [0, 0.05) is 18.7 Å². The first-order valence-electron chi connectivity index (χ1n) is 7.62. The average Bonchev–Trinajstić information content (AvgIpc) is 3.05. The quantitative estimate of drug-likeness (QED) is 0.798. The second kappa shape index (κ2) is 7.94. The van der Waals surface area contributed by atoms with Gasteiger partial charge in [0.25, 0.3) is 0 Å². The van der Waals surface area contributed by atoms with E-state index in [9.17, 15) is 0 Å². The Kier molecular flexibility index (Phi) is 5.42. The number of hydrogen-bond donors (Lipinski definition) is 1. The van der Waals surface area contributed by atoms with Crippen molar-refractivity contribution in [2.75, 3.05) is 26.3 Å². The van der Waals surface area contributed by atoms with Gasteiger partial charge in [-0.3, -0.25) is 0 Å². The highest BCUT2D eigenvalue weighted by atomic mass is 16.7. The zero-order valence-electron chi connectivity index (χ0n) is 12.5. The molecule has 2 atom stereocenters. The molecule has 1 aliphatic rings. The molecule has 1 saturated heterocycles. The van der Waals surface area contributed by atoms with E-state index >= 15 is 0 Å². The second-order valence-corrected chi connectivity index (χ2v) is 5.20. The van der Waals surface area contributed by atoms with Crippen molar-refractivity contribution in [3.63, 3.8) is 0 Å². The van der Waals surface area contributed by atoms with E-state index in [1.54, 1.807) is 0 Å². The van der Waals surface area contributed by atoms with Crippen LogP contribution < -0.4 is 10.1 Å². The molecule has 1 N–H and O–H groups in total. The largest absolute Gasteiger partial charge is 0.492 e. The van der Waals surface area contributed by atoms with E-state index in [0.717, 1.165) is 24.4 Å². The molecule has 22 heavy (non-hydrogen) atoms. The summed E-state index contributed by atoms with van der Waals surface area (Å²) in [6.07, 6.45) is -0.157. The van der Waals surface area contributed by atoms with Crippen molar-refractivity contribution in [3.8, 4) is 5.75 Å². The lowest BCUT2D eigenvalue weighted by molar-refractivity contribution is -0.0596. The fourth-order valence-corrected chi connectivity index (χ4v) is 2.36. The molecule has 0 aliphatic carbocycles. The molecule has 0 spiro atoms. The van der Waals surface area contributed by atoms with Crippen LogP contribution in [-0.2, 0) is 9.47 Å². The van der Waals surface area contributed by atoms with E-state index in [1.807, 2.05) is 60.7 Å². The van der Waals surface area contributed by atoms with Crippen molar-refractivity contribution >= 4 is 0 Å². The summed E-state index contributed by atoms with van der Waals surface area (Å²) in [5.74, 6) is 0.897. The maximum Gasteiger partial charge on any atom is 0.184 e.